The normalized spacial score (nSPS) is 11.1. The molecule has 5 nitrogen and oxygen atoms in total. The number of rotatable bonds is 6. The van der Waals surface area contributed by atoms with Gasteiger partial charge in [0.25, 0.3) is 5.91 Å². The van der Waals surface area contributed by atoms with E-state index in [2.05, 4.69) is 15.0 Å². The first-order chi connectivity index (χ1) is 11.8. The molecule has 0 spiro atoms. The number of benzene rings is 1. The molecule has 1 N–H and O–H groups in total. The summed E-state index contributed by atoms with van der Waals surface area (Å²) in [7, 11) is 0. The van der Waals surface area contributed by atoms with Gasteiger partial charge in [0.2, 0.25) is 5.88 Å². The smallest absolute Gasteiger partial charge is 0.422 e. The van der Waals surface area contributed by atoms with Gasteiger partial charge in [-0.15, -0.1) is 0 Å². The summed E-state index contributed by atoms with van der Waals surface area (Å²) in [6.07, 6.45) is -3.40. The predicted octanol–water partition coefficient (Wildman–Crippen LogP) is 3.81. The first kappa shape index (κ1) is 18.5. The second-order valence-electron chi connectivity index (χ2n) is 4.82. The van der Waals surface area contributed by atoms with Crippen molar-refractivity contribution in [2.45, 2.75) is 13.1 Å². The van der Waals surface area contributed by atoms with Gasteiger partial charge < -0.3 is 14.8 Å². The lowest BCUT2D eigenvalue weighted by Gasteiger charge is -2.12. The van der Waals surface area contributed by atoms with Gasteiger partial charge in [-0.1, -0.05) is 0 Å². The molecular weight excluding hydrogens is 344 g/mol. The van der Waals surface area contributed by atoms with Gasteiger partial charge in [0, 0.05) is 18.3 Å². The van der Waals surface area contributed by atoms with Gasteiger partial charge >= 0.3 is 6.18 Å². The lowest BCUT2D eigenvalue weighted by atomic mass is 10.2. The van der Waals surface area contributed by atoms with Gasteiger partial charge in [0.05, 0.1) is 17.9 Å². The lowest BCUT2D eigenvalue weighted by Crippen LogP contribution is -2.19. The maximum Gasteiger partial charge on any atom is 0.422 e. The molecule has 2 rings (SSSR count). The standard InChI is InChI=1S/C16H14F4N2O3/c1-2-24-13-7-11(17)4-5-12(13)22-15(23)10-3-6-14(21-8-10)25-9-16(18,19)20/h3-8H,2,9H2,1H3,(H,22,23). The Hall–Kier alpha value is -2.84. The predicted molar refractivity (Wildman–Crippen MR) is 81.3 cm³/mol. The second kappa shape index (κ2) is 7.82. The van der Waals surface area contributed by atoms with Crippen LogP contribution < -0.4 is 14.8 Å². The summed E-state index contributed by atoms with van der Waals surface area (Å²) < 4.78 is 59.1. The van der Waals surface area contributed by atoms with Crippen molar-refractivity contribution in [1.82, 2.24) is 4.98 Å². The van der Waals surface area contributed by atoms with Crippen LogP contribution in [0.4, 0.5) is 23.2 Å². The van der Waals surface area contributed by atoms with Crippen molar-refractivity contribution < 1.29 is 31.8 Å². The Morgan fingerprint density at radius 1 is 1.20 bits per heavy atom. The number of carbonyl (C=O) groups excluding carboxylic acids is 1. The quantitative estimate of drug-likeness (QED) is 0.798. The Labute approximate surface area is 140 Å². The maximum absolute atomic E-state index is 13.2. The van der Waals surface area contributed by atoms with Gasteiger partial charge in [-0.25, -0.2) is 9.37 Å². The van der Waals surface area contributed by atoms with Gasteiger partial charge in [-0.2, -0.15) is 13.2 Å². The Morgan fingerprint density at radius 2 is 1.96 bits per heavy atom. The molecule has 0 saturated heterocycles. The highest BCUT2D eigenvalue weighted by Crippen LogP contribution is 2.26. The zero-order chi connectivity index (χ0) is 18.4. The SMILES string of the molecule is CCOc1cc(F)ccc1NC(=O)c1ccc(OCC(F)(F)F)nc1. The third kappa shape index (κ3) is 5.63. The fourth-order valence-electron chi connectivity index (χ4n) is 1.82. The Kier molecular flexibility index (Phi) is 5.79. The van der Waals surface area contributed by atoms with Crippen LogP contribution >= 0.6 is 0 Å². The number of ether oxygens (including phenoxy) is 2. The topological polar surface area (TPSA) is 60.5 Å². The van der Waals surface area contributed by atoms with E-state index < -0.39 is 24.5 Å². The molecule has 0 aliphatic carbocycles. The van der Waals surface area contributed by atoms with E-state index in [-0.39, 0.29) is 29.5 Å². The fraction of sp³-hybridized carbons (Fsp3) is 0.250. The highest BCUT2D eigenvalue weighted by atomic mass is 19.4. The molecule has 0 aliphatic heterocycles. The molecule has 1 amide bonds. The fourth-order valence-corrected chi connectivity index (χ4v) is 1.82. The van der Waals surface area contributed by atoms with Crippen molar-refractivity contribution in [2.24, 2.45) is 0 Å². The van der Waals surface area contributed by atoms with Gasteiger partial charge in [-0.3, -0.25) is 4.79 Å². The van der Waals surface area contributed by atoms with E-state index in [1.54, 1.807) is 6.92 Å². The second-order valence-corrected chi connectivity index (χ2v) is 4.82. The number of aromatic nitrogens is 1. The van der Waals surface area contributed by atoms with Crippen molar-refractivity contribution in [3.8, 4) is 11.6 Å². The summed E-state index contributed by atoms with van der Waals surface area (Å²) >= 11 is 0. The molecule has 0 saturated carbocycles. The third-order valence-electron chi connectivity index (χ3n) is 2.87. The van der Waals surface area contributed by atoms with E-state index in [9.17, 15) is 22.4 Å². The molecule has 9 heteroatoms. The van der Waals surface area contributed by atoms with Crippen LogP contribution in [0.15, 0.2) is 36.5 Å². The van der Waals surface area contributed by atoms with Crippen molar-refractivity contribution in [3.63, 3.8) is 0 Å². The molecule has 0 fully saturated rings. The largest absolute Gasteiger partial charge is 0.492 e. The zero-order valence-electron chi connectivity index (χ0n) is 13.1. The summed E-state index contributed by atoms with van der Waals surface area (Å²) in [4.78, 5) is 15.8. The molecule has 0 unspecified atom stereocenters. The van der Waals surface area contributed by atoms with Gasteiger partial charge in [0.1, 0.15) is 11.6 Å². The molecule has 0 radical (unpaired) electrons. The average Bonchev–Trinajstić information content (AvgIpc) is 2.55. The number of halogens is 4. The number of carbonyl (C=O) groups is 1. The monoisotopic (exact) mass is 358 g/mol. The number of hydrogen-bond donors (Lipinski definition) is 1. The highest BCUT2D eigenvalue weighted by Gasteiger charge is 2.28. The van der Waals surface area contributed by atoms with Gasteiger partial charge in [-0.05, 0) is 25.1 Å². The van der Waals surface area contributed by atoms with Crippen LogP contribution in [0.2, 0.25) is 0 Å². The van der Waals surface area contributed by atoms with Crippen LogP contribution in [-0.2, 0) is 0 Å². The van der Waals surface area contributed by atoms with Crippen molar-refractivity contribution in [1.29, 1.82) is 0 Å². The van der Waals surface area contributed by atoms with Crippen LogP contribution in [-0.4, -0.2) is 30.3 Å². The number of alkyl halides is 3. The van der Waals surface area contributed by atoms with Crippen molar-refractivity contribution in [2.75, 3.05) is 18.5 Å². The number of amides is 1. The highest BCUT2D eigenvalue weighted by molar-refractivity contribution is 6.04. The number of hydrogen-bond acceptors (Lipinski definition) is 4. The van der Waals surface area contributed by atoms with Gasteiger partial charge in [0.15, 0.2) is 6.61 Å². The number of pyridine rings is 1. The van der Waals surface area contributed by atoms with E-state index in [1.807, 2.05) is 0 Å². The van der Waals surface area contributed by atoms with E-state index in [0.717, 1.165) is 24.4 Å². The minimum atomic E-state index is -4.48. The first-order valence-electron chi connectivity index (χ1n) is 7.18. The molecule has 1 heterocycles. The van der Waals surface area contributed by atoms with Crippen LogP contribution in [0.3, 0.4) is 0 Å². The maximum atomic E-state index is 13.2. The summed E-state index contributed by atoms with van der Waals surface area (Å²) in [6.45, 7) is 0.512. The number of nitrogens with one attached hydrogen (secondary N) is 1. The lowest BCUT2D eigenvalue weighted by molar-refractivity contribution is -0.154. The molecule has 2 aromatic rings. The molecule has 25 heavy (non-hydrogen) atoms. The molecule has 0 atom stereocenters. The van der Waals surface area contributed by atoms with Crippen LogP contribution in [0.25, 0.3) is 0 Å². The minimum Gasteiger partial charge on any atom is -0.492 e. The molecule has 1 aromatic heterocycles. The van der Waals surface area contributed by atoms with Crippen LogP contribution in [0.1, 0.15) is 17.3 Å². The van der Waals surface area contributed by atoms with Crippen molar-refractivity contribution >= 4 is 11.6 Å². The first-order valence-corrected chi connectivity index (χ1v) is 7.18. The molecule has 1 aromatic carbocycles. The summed E-state index contributed by atoms with van der Waals surface area (Å²) in [5, 5.41) is 2.52. The molecule has 134 valence electrons. The summed E-state index contributed by atoms with van der Waals surface area (Å²) in [5.41, 5.74) is 0.344. The van der Waals surface area contributed by atoms with E-state index in [0.29, 0.717) is 0 Å². The molecule has 0 bridgehead atoms. The Balaban J connectivity index is 2.06. The Morgan fingerprint density at radius 3 is 2.56 bits per heavy atom. The summed E-state index contributed by atoms with van der Waals surface area (Å²) in [5.74, 6) is -1.20. The van der Waals surface area contributed by atoms with Crippen LogP contribution in [0.5, 0.6) is 11.6 Å². The molecular formula is C16H14F4N2O3. The van der Waals surface area contributed by atoms with E-state index in [1.165, 1.54) is 12.1 Å². The molecule has 0 aliphatic rings. The zero-order valence-corrected chi connectivity index (χ0v) is 13.1. The minimum absolute atomic E-state index is 0.0890. The Bertz CT molecular complexity index is 733. The van der Waals surface area contributed by atoms with Crippen molar-refractivity contribution in [3.05, 3.63) is 47.9 Å². The number of nitrogens with zero attached hydrogens (tertiary/aromatic N) is 1. The average molecular weight is 358 g/mol. The third-order valence-corrected chi connectivity index (χ3v) is 2.87. The van der Waals surface area contributed by atoms with E-state index >= 15 is 0 Å². The van der Waals surface area contributed by atoms with E-state index in [4.69, 9.17) is 4.74 Å². The van der Waals surface area contributed by atoms with Crippen LogP contribution in [0, 0.1) is 5.82 Å². The number of anilines is 1. The summed E-state index contributed by atoms with van der Waals surface area (Å²) in [6, 6.07) is 6.04.